The number of nitrogens with two attached hydrogens (primary N) is 1. The van der Waals surface area contributed by atoms with Gasteiger partial charge in [0, 0.05) is 13.1 Å². The lowest BCUT2D eigenvalue weighted by Crippen LogP contribution is -2.31. The van der Waals surface area contributed by atoms with Gasteiger partial charge in [-0.25, -0.2) is 0 Å². The lowest BCUT2D eigenvalue weighted by molar-refractivity contribution is 0.568. The first-order chi connectivity index (χ1) is 10.2. The summed E-state index contributed by atoms with van der Waals surface area (Å²) in [6, 6.07) is 7.43. The van der Waals surface area contributed by atoms with Crippen molar-refractivity contribution in [3.63, 3.8) is 0 Å². The third-order valence-electron chi connectivity index (χ3n) is 3.40. The molecule has 1 saturated heterocycles. The number of hydrogen-bond donors (Lipinski definition) is 2. The maximum Gasteiger partial charge on any atom is 0.233 e. The molecule has 0 unspecified atom stereocenters. The van der Waals surface area contributed by atoms with E-state index in [4.69, 9.17) is 17.3 Å². The van der Waals surface area contributed by atoms with Gasteiger partial charge < -0.3 is 16.0 Å². The Labute approximate surface area is 128 Å². The van der Waals surface area contributed by atoms with Crippen LogP contribution in [0.2, 0.25) is 5.02 Å². The maximum absolute atomic E-state index is 6.13. The molecule has 3 rings (SSSR count). The number of rotatable bonds is 3. The van der Waals surface area contributed by atoms with Gasteiger partial charge in [-0.05, 0) is 31.4 Å². The molecule has 0 aliphatic carbocycles. The van der Waals surface area contributed by atoms with Crippen LogP contribution >= 0.6 is 11.6 Å². The van der Waals surface area contributed by atoms with E-state index in [9.17, 15) is 0 Å². The summed E-state index contributed by atoms with van der Waals surface area (Å²) < 4.78 is 0. The van der Waals surface area contributed by atoms with Crippen LogP contribution in [0.25, 0.3) is 0 Å². The van der Waals surface area contributed by atoms with Crippen LogP contribution in [0.5, 0.6) is 0 Å². The van der Waals surface area contributed by atoms with Gasteiger partial charge in [0.05, 0.1) is 10.7 Å². The molecule has 110 valence electrons. The monoisotopic (exact) mass is 304 g/mol. The molecule has 2 heterocycles. The highest BCUT2D eigenvalue weighted by Gasteiger charge is 2.15. The molecule has 1 aromatic carbocycles. The summed E-state index contributed by atoms with van der Waals surface area (Å²) in [6.07, 6.45) is 3.56. The Hall–Kier alpha value is -2.08. The van der Waals surface area contributed by atoms with E-state index in [1.807, 2.05) is 18.2 Å². The van der Waals surface area contributed by atoms with Gasteiger partial charge in [-0.1, -0.05) is 23.7 Å². The van der Waals surface area contributed by atoms with Crippen molar-refractivity contribution in [3.05, 3.63) is 29.3 Å². The standard InChI is InChI=1S/C14H17ClN6/c15-10-6-2-3-7-11(10)17-13-18-12(16)19-14(20-13)21-8-4-1-5-9-21/h2-3,6-7H,1,4-5,8-9H2,(H3,16,17,18,19,20). The minimum absolute atomic E-state index is 0.208. The second-order valence-electron chi connectivity index (χ2n) is 4.97. The fraction of sp³-hybridized carbons (Fsp3) is 0.357. The van der Waals surface area contributed by atoms with Crippen LogP contribution in [0.1, 0.15) is 19.3 Å². The van der Waals surface area contributed by atoms with Gasteiger partial charge in [0.2, 0.25) is 17.8 Å². The molecule has 0 atom stereocenters. The van der Waals surface area contributed by atoms with E-state index >= 15 is 0 Å². The molecule has 1 fully saturated rings. The summed E-state index contributed by atoms with van der Waals surface area (Å²) >= 11 is 6.13. The zero-order chi connectivity index (χ0) is 14.7. The van der Waals surface area contributed by atoms with E-state index in [0.29, 0.717) is 16.9 Å². The van der Waals surface area contributed by atoms with Crippen LogP contribution in [-0.2, 0) is 0 Å². The first-order valence-electron chi connectivity index (χ1n) is 7.00. The number of piperidine rings is 1. The second kappa shape index (κ2) is 6.13. The Morgan fingerprint density at radius 2 is 1.81 bits per heavy atom. The van der Waals surface area contributed by atoms with Crippen molar-refractivity contribution < 1.29 is 0 Å². The number of halogens is 1. The Bertz CT molecular complexity index is 627. The van der Waals surface area contributed by atoms with E-state index in [-0.39, 0.29) is 5.95 Å². The SMILES string of the molecule is Nc1nc(Nc2ccccc2Cl)nc(N2CCCCC2)n1. The van der Waals surface area contributed by atoms with Crippen LogP contribution < -0.4 is 16.0 Å². The number of nitrogens with zero attached hydrogens (tertiary/aromatic N) is 4. The molecule has 1 aliphatic heterocycles. The summed E-state index contributed by atoms with van der Waals surface area (Å²) in [5.74, 6) is 1.24. The van der Waals surface area contributed by atoms with E-state index < -0.39 is 0 Å². The fourth-order valence-corrected chi connectivity index (χ4v) is 2.54. The average molecular weight is 305 g/mol. The summed E-state index contributed by atoms with van der Waals surface area (Å²) in [6.45, 7) is 1.91. The van der Waals surface area contributed by atoms with Crippen LogP contribution in [0.4, 0.5) is 23.5 Å². The van der Waals surface area contributed by atoms with Gasteiger partial charge in [0.15, 0.2) is 0 Å². The third kappa shape index (κ3) is 3.33. The molecule has 1 aliphatic rings. The minimum atomic E-state index is 0.208. The summed E-state index contributed by atoms with van der Waals surface area (Å²) in [5.41, 5.74) is 6.54. The molecule has 0 bridgehead atoms. The predicted octanol–water partition coefficient (Wildman–Crippen LogP) is 2.84. The van der Waals surface area contributed by atoms with E-state index in [2.05, 4.69) is 25.2 Å². The fourth-order valence-electron chi connectivity index (χ4n) is 2.35. The number of para-hydroxylation sites is 1. The van der Waals surface area contributed by atoms with Crippen LogP contribution in [0, 0.1) is 0 Å². The van der Waals surface area contributed by atoms with Crippen molar-refractivity contribution in [2.75, 3.05) is 29.0 Å². The first kappa shape index (κ1) is 13.9. The highest BCUT2D eigenvalue weighted by molar-refractivity contribution is 6.33. The number of anilines is 4. The van der Waals surface area contributed by atoms with Crippen LogP contribution in [0.3, 0.4) is 0 Å². The smallest absolute Gasteiger partial charge is 0.233 e. The topological polar surface area (TPSA) is 80.0 Å². The van der Waals surface area contributed by atoms with Gasteiger partial charge in [-0.3, -0.25) is 0 Å². The summed E-state index contributed by atoms with van der Waals surface area (Å²) in [7, 11) is 0. The zero-order valence-corrected chi connectivity index (χ0v) is 12.3. The molecular weight excluding hydrogens is 288 g/mol. The molecule has 0 spiro atoms. The van der Waals surface area contributed by atoms with Gasteiger partial charge in [0.1, 0.15) is 0 Å². The average Bonchev–Trinajstić information content (AvgIpc) is 2.50. The van der Waals surface area contributed by atoms with Crippen molar-refractivity contribution in [2.45, 2.75) is 19.3 Å². The van der Waals surface area contributed by atoms with Crippen molar-refractivity contribution in [1.29, 1.82) is 0 Å². The van der Waals surface area contributed by atoms with Gasteiger partial charge in [-0.15, -0.1) is 0 Å². The molecule has 0 amide bonds. The lowest BCUT2D eigenvalue weighted by Gasteiger charge is -2.26. The maximum atomic E-state index is 6.13. The molecule has 21 heavy (non-hydrogen) atoms. The molecule has 3 N–H and O–H groups in total. The Morgan fingerprint density at radius 3 is 2.57 bits per heavy atom. The Kier molecular flexibility index (Phi) is 4.06. The second-order valence-corrected chi connectivity index (χ2v) is 5.38. The van der Waals surface area contributed by atoms with Crippen LogP contribution in [-0.4, -0.2) is 28.0 Å². The summed E-state index contributed by atoms with van der Waals surface area (Å²) in [5, 5.41) is 3.70. The Balaban J connectivity index is 1.85. The molecule has 2 aromatic rings. The van der Waals surface area contributed by atoms with Crippen molar-refractivity contribution in [1.82, 2.24) is 15.0 Å². The number of nitrogens with one attached hydrogen (secondary N) is 1. The molecular formula is C14H17ClN6. The third-order valence-corrected chi connectivity index (χ3v) is 3.73. The van der Waals surface area contributed by atoms with Crippen LogP contribution in [0.15, 0.2) is 24.3 Å². The van der Waals surface area contributed by atoms with E-state index in [1.54, 1.807) is 6.07 Å². The normalized spacial score (nSPS) is 15.0. The molecule has 0 saturated carbocycles. The number of aromatic nitrogens is 3. The minimum Gasteiger partial charge on any atom is -0.368 e. The van der Waals surface area contributed by atoms with Gasteiger partial charge in [0.25, 0.3) is 0 Å². The van der Waals surface area contributed by atoms with Crippen molar-refractivity contribution >= 4 is 35.1 Å². The zero-order valence-electron chi connectivity index (χ0n) is 11.6. The predicted molar refractivity (Wildman–Crippen MR) is 85.0 cm³/mol. The molecule has 0 radical (unpaired) electrons. The Morgan fingerprint density at radius 1 is 1.05 bits per heavy atom. The number of nitrogen functional groups attached to an aromatic ring is 1. The number of hydrogen-bond acceptors (Lipinski definition) is 6. The van der Waals surface area contributed by atoms with Gasteiger partial charge >= 0.3 is 0 Å². The quantitative estimate of drug-likeness (QED) is 0.907. The highest BCUT2D eigenvalue weighted by atomic mass is 35.5. The van der Waals surface area contributed by atoms with Gasteiger partial charge in [-0.2, -0.15) is 15.0 Å². The van der Waals surface area contributed by atoms with Crippen molar-refractivity contribution in [3.8, 4) is 0 Å². The molecule has 6 nitrogen and oxygen atoms in total. The summed E-state index contributed by atoms with van der Waals surface area (Å²) in [4.78, 5) is 14.9. The highest BCUT2D eigenvalue weighted by Crippen LogP contribution is 2.24. The van der Waals surface area contributed by atoms with E-state index in [1.165, 1.54) is 6.42 Å². The largest absolute Gasteiger partial charge is 0.368 e. The number of benzene rings is 1. The molecule has 1 aromatic heterocycles. The molecule has 7 heteroatoms. The first-order valence-corrected chi connectivity index (χ1v) is 7.38. The lowest BCUT2D eigenvalue weighted by atomic mass is 10.1. The van der Waals surface area contributed by atoms with Crippen molar-refractivity contribution in [2.24, 2.45) is 0 Å². The van der Waals surface area contributed by atoms with E-state index in [0.717, 1.165) is 31.6 Å².